The molecule has 26 heavy (non-hydrogen) atoms. The van der Waals surface area contributed by atoms with Crippen LogP contribution in [0.5, 0.6) is 0 Å². The third-order valence-corrected chi connectivity index (χ3v) is 5.29. The highest BCUT2D eigenvalue weighted by atomic mass is 32.2. The van der Waals surface area contributed by atoms with Crippen molar-refractivity contribution in [3.63, 3.8) is 0 Å². The van der Waals surface area contributed by atoms with Gasteiger partial charge in [-0.15, -0.1) is 0 Å². The molecular formula is C19H22N2O4S. The Morgan fingerprint density at radius 3 is 2.27 bits per heavy atom. The van der Waals surface area contributed by atoms with E-state index in [1.807, 2.05) is 53.4 Å². The minimum atomic E-state index is -1.49. The Kier molecular flexibility index (Phi) is 5.83. The van der Waals surface area contributed by atoms with E-state index >= 15 is 0 Å². The molecule has 0 saturated heterocycles. The number of rotatable bonds is 7. The van der Waals surface area contributed by atoms with Gasteiger partial charge in [-0.1, -0.05) is 36.0 Å². The number of carbonyl (C=O) groups excluding carboxylic acids is 1. The van der Waals surface area contributed by atoms with Gasteiger partial charge in [0.1, 0.15) is 12.1 Å². The minimum Gasteiger partial charge on any atom is -0.393 e. The van der Waals surface area contributed by atoms with Crippen molar-refractivity contribution in [3.05, 3.63) is 48.5 Å². The van der Waals surface area contributed by atoms with E-state index in [9.17, 15) is 15.0 Å². The van der Waals surface area contributed by atoms with Crippen molar-refractivity contribution in [3.8, 4) is 0 Å². The molecule has 1 aliphatic rings. The average molecular weight is 374 g/mol. The topological polar surface area (TPSA) is 82.0 Å². The molecule has 0 fully saturated rings. The van der Waals surface area contributed by atoms with Crippen LogP contribution in [-0.4, -0.2) is 55.1 Å². The normalized spacial score (nSPS) is 15.0. The van der Waals surface area contributed by atoms with E-state index in [-0.39, 0.29) is 25.6 Å². The summed E-state index contributed by atoms with van der Waals surface area (Å²) >= 11 is 1.68. The number of para-hydroxylation sites is 2. The zero-order valence-corrected chi connectivity index (χ0v) is 15.3. The second-order valence-electron chi connectivity index (χ2n) is 6.22. The van der Waals surface area contributed by atoms with Crippen LogP contribution in [0.2, 0.25) is 0 Å². The Morgan fingerprint density at radius 2 is 1.73 bits per heavy atom. The summed E-state index contributed by atoms with van der Waals surface area (Å²) in [5.41, 5.74) is 0.458. The van der Waals surface area contributed by atoms with Crippen LogP contribution in [0, 0.1) is 0 Å². The summed E-state index contributed by atoms with van der Waals surface area (Å²) < 4.78 is 4.90. The maximum atomic E-state index is 12.5. The van der Waals surface area contributed by atoms with Gasteiger partial charge in [0.25, 0.3) is 0 Å². The van der Waals surface area contributed by atoms with Crippen molar-refractivity contribution in [2.45, 2.75) is 15.4 Å². The zero-order chi connectivity index (χ0) is 18.6. The van der Waals surface area contributed by atoms with E-state index in [0.29, 0.717) is 0 Å². The van der Waals surface area contributed by atoms with E-state index in [1.54, 1.807) is 11.8 Å². The largest absolute Gasteiger partial charge is 0.393 e. The first-order chi connectivity index (χ1) is 12.6. The molecule has 3 N–H and O–H groups in total. The van der Waals surface area contributed by atoms with Crippen molar-refractivity contribution >= 4 is 29.0 Å². The van der Waals surface area contributed by atoms with Crippen LogP contribution in [-0.2, 0) is 9.53 Å². The highest BCUT2D eigenvalue weighted by molar-refractivity contribution is 7.99. The SMILES string of the molecule is COCC(O)(CO)CNC(=O)CN1c2ccccc2Sc2ccccc21. The molecule has 2 aromatic rings. The molecule has 0 saturated carbocycles. The molecule has 0 aliphatic carbocycles. The second-order valence-corrected chi connectivity index (χ2v) is 7.30. The van der Waals surface area contributed by atoms with Gasteiger partial charge in [-0.3, -0.25) is 4.79 Å². The molecule has 0 radical (unpaired) electrons. The summed E-state index contributed by atoms with van der Waals surface area (Å²) in [5, 5.41) is 22.2. The fourth-order valence-electron chi connectivity index (χ4n) is 2.84. The number of aliphatic hydroxyl groups is 2. The minimum absolute atomic E-state index is 0.0597. The molecule has 0 bridgehead atoms. The lowest BCUT2D eigenvalue weighted by molar-refractivity contribution is -0.122. The highest BCUT2D eigenvalue weighted by Crippen LogP contribution is 2.47. The van der Waals surface area contributed by atoms with Crippen LogP contribution < -0.4 is 10.2 Å². The Balaban J connectivity index is 1.76. The van der Waals surface area contributed by atoms with E-state index in [2.05, 4.69) is 5.32 Å². The zero-order valence-electron chi connectivity index (χ0n) is 14.5. The number of aliphatic hydroxyl groups excluding tert-OH is 1. The number of anilines is 2. The molecule has 0 aromatic heterocycles. The number of nitrogens with one attached hydrogen (secondary N) is 1. The Labute approximate surface area is 156 Å². The van der Waals surface area contributed by atoms with Crippen LogP contribution in [0.3, 0.4) is 0 Å². The summed E-state index contributed by atoms with van der Waals surface area (Å²) in [6, 6.07) is 15.9. The molecule has 2 aromatic carbocycles. The lowest BCUT2D eigenvalue weighted by atomic mass is 10.1. The summed E-state index contributed by atoms with van der Waals surface area (Å²) in [4.78, 5) is 16.6. The molecule has 1 unspecified atom stereocenters. The Hall–Kier alpha value is -2.06. The molecule has 1 atom stereocenters. The number of methoxy groups -OCH3 is 1. The quantitative estimate of drug-likeness (QED) is 0.685. The number of carbonyl (C=O) groups is 1. The summed E-state index contributed by atoms with van der Waals surface area (Å²) in [7, 11) is 1.43. The molecular weight excluding hydrogens is 352 g/mol. The fraction of sp³-hybridized carbons (Fsp3) is 0.316. The number of hydrogen-bond donors (Lipinski definition) is 3. The molecule has 1 heterocycles. The molecule has 138 valence electrons. The van der Waals surface area contributed by atoms with E-state index in [4.69, 9.17) is 4.74 Å². The molecule has 1 amide bonds. The smallest absolute Gasteiger partial charge is 0.240 e. The van der Waals surface area contributed by atoms with Crippen LogP contribution in [0.1, 0.15) is 0 Å². The number of amides is 1. The van der Waals surface area contributed by atoms with Crippen LogP contribution >= 0.6 is 11.8 Å². The lowest BCUT2D eigenvalue weighted by Gasteiger charge is -2.32. The van der Waals surface area contributed by atoms with Gasteiger partial charge in [0.15, 0.2) is 0 Å². The predicted molar refractivity (Wildman–Crippen MR) is 101 cm³/mol. The summed E-state index contributed by atoms with van der Waals surface area (Å²) in [6.07, 6.45) is 0. The maximum Gasteiger partial charge on any atom is 0.240 e. The van der Waals surface area contributed by atoms with Crippen molar-refractivity contribution in [2.75, 3.05) is 38.3 Å². The van der Waals surface area contributed by atoms with Crippen molar-refractivity contribution < 1.29 is 19.7 Å². The molecule has 6 nitrogen and oxygen atoms in total. The van der Waals surface area contributed by atoms with Gasteiger partial charge >= 0.3 is 0 Å². The third kappa shape index (κ3) is 4.02. The van der Waals surface area contributed by atoms with E-state index in [0.717, 1.165) is 21.2 Å². The third-order valence-electron chi connectivity index (χ3n) is 4.16. The molecule has 1 aliphatic heterocycles. The predicted octanol–water partition coefficient (Wildman–Crippen LogP) is 1.78. The van der Waals surface area contributed by atoms with Gasteiger partial charge in [0.2, 0.25) is 5.91 Å². The number of fused-ring (bicyclic) bond motifs is 2. The van der Waals surface area contributed by atoms with Gasteiger partial charge in [-0.05, 0) is 24.3 Å². The number of ether oxygens (including phenoxy) is 1. The maximum absolute atomic E-state index is 12.5. The number of nitrogens with zero attached hydrogens (tertiary/aromatic N) is 1. The Bertz CT molecular complexity index is 740. The summed E-state index contributed by atoms with van der Waals surface area (Å²) in [6.45, 7) is -0.520. The average Bonchev–Trinajstić information content (AvgIpc) is 2.66. The first-order valence-electron chi connectivity index (χ1n) is 8.29. The number of benzene rings is 2. The van der Waals surface area contributed by atoms with Crippen LogP contribution in [0.15, 0.2) is 58.3 Å². The first kappa shape index (κ1) is 18.7. The molecule has 7 heteroatoms. The van der Waals surface area contributed by atoms with Gasteiger partial charge in [-0.2, -0.15) is 0 Å². The van der Waals surface area contributed by atoms with Gasteiger partial charge < -0.3 is 25.2 Å². The van der Waals surface area contributed by atoms with Gasteiger partial charge in [-0.25, -0.2) is 0 Å². The lowest BCUT2D eigenvalue weighted by Crippen LogP contribution is -2.50. The summed E-state index contributed by atoms with van der Waals surface area (Å²) in [5.74, 6) is -0.246. The van der Waals surface area contributed by atoms with Crippen LogP contribution in [0.4, 0.5) is 11.4 Å². The standard InChI is InChI=1S/C19H22N2O4S/c1-25-13-19(24,12-22)11-20-18(23)10-21-14-6-2-4-8-16(14)26-17-9-5-3-7-15(17)21/h2-9,22,24H,10-13H2,1H3,(H,20,23). The van der Waals surface area contributed by atoms with E-state index < -0.39 is 12.2 Å². The molecule has 3 rings (SSSR count). The monoisotopic (exact) mass is 374 g/mol. The fourth-order valence-corrected chi connectivity index (χ4v) is 3.93. The van der Waals surface area contributed by atoms with Crippen molar-refractivity contribution in [1.82, 2.24) is 5.32 Å². The van der Waals surface area contributed by atoms with Gasteiger partial charge in [0, 0.05) is 16.9 Å². The van der Waals surface area contributed by atoms with Crippen LogP contribution in [0.25, 0.3) is 0 Å². The Morgan fingerprint density at radius 1 is 1.15 bits per heavy atom. The van der Waals surface area contributed by atoms with Crippen molar-refractivity contribution in [2.24, 2.45) is 0 Å². The second kappa shape index (κ2) is 8.09. The first-order valence-corrected chi connectivity index (χ1v) is 9.10. The highest BCUT2D eigenvalue weighted by Gasteiger charge is 2.28. The van der Waals surface area contributed by atoms with Crippen molar-refractivity contribution in [1.29, 1.82) is 0 Å². The molecule has 0 spiro atoms. The van der Waals surface area contributed by atoms with Gasteiger partial charge in [0.05, 0.1) is 31.1 Å². The van der Waals surface area contributed by atoms with E-state index in [1.165, 1.54) is 7.11 Å². The number of hydrogen-bond acceptors (Lipinski definition) is 6.